The molecule has 2 aromatic carbocycles. The Morgan fingerprint density at radius 1 is 1.23 bits per heavy atom. The van der Waals surface area contributed by atoms with E-state index < -0.39 is 23.6 Å². The molecule has 9 heteroatoms. The Balaban J connectivity index is 1.87. The lowest BCUT2D eigenvalue weighted by Gasteiger charge is -2.15. The molecule has 0 radical (unpaired) electrons. The number of rotatable bonds is 8. The minimum atomic E-state index is -0.764. The van der Waals surface area contributed by atoms with Crippen LogP contribution >= 0.6 is 23.4 Å². The average Bonchev–Trinajstić information content (AvgIpc) is 2.96. The van der Waals surface area contributed by atoms with Gasteiger partial charge in [0, 0.05) is 0 Å². The minimum absolute atomic E-state index is 0.165. The molecule has 1 saturated heterocycles. The van der Waals surface area contributed by atoms with Crippen LogP contribution in [-0.2, 0) is 16.2 Å². The molecular formula is C22H21ClN2O5S. The topological polar surface area (TPSA) is 98.9 Å². The van der Waals surface area contributed by atoms with Gasteiger partial charge in [-0.1, -0.05) is 35.9 Å². The van der Waals surface area contributed by atoms with E-state index in [4.69, 9.17) is 26.8 Å². The van der Waals surface area contributed by atoms with Gasteiger partial charge in [0.25, 0.3) is 11.1 Å². The lowest BCUT2D eigenvalue weighted by molar-refractivity contribution is -0.127. The fraction of sp³-hybridized carbons (Fsp3) is 0.227. The van der Waals surface area contributed by atoms with Crippen molar-refractivity contribution in [2.75, 3.05) is 13.2 Å². The summed E-state index contributed by atoms with van der Waals surface area (Å²) in [5, 5.41) is -0.244. The molecule has 0 spiro atoms. The van der Waals surface area contributed by atoms with Crippen LogP contribution in [0.4, 0.5) is 4.79 Å². The van der Waals surface area contributed by atoms with Gasteiger partial charge in [0.15, 0.2) is 11.5 Å². The smallest absolute Gasteiger partial charge is 0.294 e. The highest BCUT2D eigenvalue weighted by Gasteiger charge is 2.35. The van der Waals surface area contributed by atoms with Gasteiger partial charge in [-0.15, -0.1) is 0 Å². The zero-order chi connectivity index (χ0) is 22.5. The second-order valence-corrected chi connectivity index (χ2v) is 8.11. The molecule has 3 amide bonds. The molecule has 0 aliphatic carbocycles. The fourth-order valence-electron chi connectivity index (χ4n) is 2.94. The van der Waals surface area contributed by atoms with Crippen molar-refractivity contribution in [2.45, 2.75) is 20.5 Å². The van der Waals surface area contributed by atoms with Gasteiger partial charge in [0.05, 0.1) is 16.5 Å². The van der Waals surface area contributed by atoms with Crippen LogP contribution in [0.25, 0.3) is 6.08 Å². The number of halogens is 1. The van der Waals surface area contributed by atoms with Gasteiger partial charge in [-0.2, -0.15) is 0 Å². The van der Waals surface area contributed by atoms with Gasteiger partial charge in [-0.25, -0.2) is 0 Å². The van der Waals surface area contributed by atoms with Gasteiger partial charge in [-0.05, 0) is 60.5 Å². The number of carbonyl (C=O) groups excluding carboxylic acids is 3. The summed E-state index contributed by atoms with van der Waals surface area (Å²) in [7, 11) is 0. The first-order valence-corrected chi connectivity index (χ1v) is 10.7. The third-order valence-electron chi connectivity index (χ3n) is 4.45. The van der Waals surface area contributed by atoms with Crippen LogP contribution in [0.5, 0.6) is 11.5 Å². The fourth-order valence-corrected chi connectivity index (χ4v) is 4.05. The van der Waals surface area contributed by atoms with E-state index in [1.54, 1.807) is 12.1 Å². The van der Waals surface area contributed by atoms with Crippen molar-refractivity contribution in [3.8, 4) is 11.5 Å². The second-order valence-electron chi connectivity index (χ2n) is 6.71. The van der Waals surface area contributed by atoms with Gasteiger partial charge in [0.1, 0.15) is 13.2 Å². The number of nitrogens with zero attached hydrogens (tertiary/aromatic N) is 1. The van der Waals surface area contributed by atoms with E-state index in [1.165, 1.54) is 6.08 Å². The predicted molar refractivity (Wildman–Crippen MR) is 120 cm³/mol. The molecule has 162 valence electrons. The number of primary amides is 1. The molecule has 3 rings (SSSR count). The molecule has 0 aromatic heterocycles. The predicted octanol–water partition coefficient (Wildman–Crippen LogP) is 4.15. The van der Waals surface area contributed by atoms with E-state index in [0.29, 0.717) is 35.3 Å². The van der Waals surface area contributed by atoms with Gasteiger partial charge in [-0.3, -0.25) is 19.3 Å². The summed E-state index contributed by atoms with van der Waals surface area (Å²) >= 11 is 7.19. The summed E-state index contributed by atoms with van der Waals surface area (Å²) in [5.41, 5.74) is 7.78. The van der Waals surface area contributed by atoms with E-state index in [-0.39, 0.29) is 4.91 Å². The Kier molecular flexibility index (Phi) is 7.25. The highest BCUT2D eigenvalue weighted by Crippen LogP contribution is 2.39. The summed E-state index contributed by atoms with van der Waals surface area (Å²) in [6.07, 6.45) is 1.52. The van der Waals surface area contributed by atoms with E-state index in [0.717, 1.165) is 27.8 Å². The van der Waals surface area contributed by atoms with Crippen LogP contribution in [-0.4, -0.2) is 35.1 Å². The number of aryl methyl sites for hydroxylation is 1. The monoisotopic (exact) mass is 460 g/mol. The molecule has 0 saturated carbocycles. The van der Waals surface area contributed by atoms with Crippen molar-refractivity contribution >= 4 is 46.5 Å². The number of imide groups is 1. The highest BCUT2D eigenvalue weighted by atomic mass is 35.5. The third kappa shape index (κ3) is 5.39. The Bertz CT molecular complexity index is 1070. The van der Waals surface area contributed by atoms with Crippen molar-refractivity contribution in [1.82, 2.24) is 4.90 Å². The van der Waals surface area contributed by atoms with Crippen molar-refractivity contribution in [3.63, 3.8) is 0 Å². The Morgan fingerprint density at radius 3 is 2.65 bits per heavy atom. The van der Waals surface area contributed by atoms with Crippen LogP contribution in [0.2, 0.25) is 5.02 Å². The maximum absolute atomic E-state index is 12.4. The largest absolute Gasteiger partial charge is 0.490 e. The number of nitrogens with two attached hydrogens (primary N) is 1. The molecule has 7 nitrogen and oxygen atoms in total. The third-order valence-corrected chi connectivity index (χ3v) is 5.64. The summed E-state index contributed by atoms with van der Waals surface area (Å²) in [6.45, 7) is 4.07. The van der Waals surface area contributed by atoms with Crippen molar-refractivity contribution in [3.05, 3.63) is 63.0 Å². The number of hydrogen-bond donors (Lipinski definition) is 1. The van der Waals surface area contributed by atoms with Gasteiger partial charge >= 0.3 is 0 Å². The lowest BCUT2D eigenvalue weighted by atomic mass is 10.1. The molecule has 0 unspecified atom stereocenters. The van der Waals surface area contributed by atoms with Crippen LogP contribution in [0.15, 0.2) is 41.3 Å². The van der Waals surface area contributed by atoms with Crippen molar-refractivity contribution in [2.24, 2.45) is 5.73 Å². The molecule has 1 heterocycles. The Hall–Kier alpha value is -2.97. The Morgan fingerprint density at radius 2 is 1.97 bits per heavy atom. The number of carbonyl (C=O) groups is 3. The van der Waals surface area contributed by atoms with Crippen LogP contribution < -0.4 is 15.2 Å². The molecule has 1 aliphatic rings. The first-order chi connectivity index (χ1) is 14.8. The summed E-state index contributed by atoms with van der Waals surface area (Å²) < 4.78 is 11.6. The number of ether oxygens (including phenoxy) is 2. The van der Waals surface area contributed by atoms with Crippen LogP contribution in [0.1, 0.15) is 23.6 Å². The number of benzene rings is 2. The molecule has 2 aromatic rings. The number of amides is 3. The first kappa shape index (κ1) is 22.7. The molecule has 31 heavy (non-hydrogen) atoms. The molecular weight excluding hydrogens is 440 g/mol. The number of hydrogen-bond acceptors (Lipinski definition) is 6. The zero-order valence-corrected chi connectivity index (χ0v) is 18.6. The quantitative estimate of drug-likeness (QED) is 0.594. The number of thioether (sulfide) groups is 1. The summed E-state index contributed by atoms with van der Waals surface area (Å²) in [6, 6.07) is 11.2. The zero-order valence-electron chi connectivity index (χ0n) is 17.0. The summed E-state index contributed by atoms with van der Waals surface area (Å²) in [4.78, 5) is 36.5. The van der Waals surface area contributed by atoms with E-state index in [2.05, 4.69) is 0 Å². The van der Waals surface area contributed by atoms with Gasteiger partial charge in [0.2, 0.25) is 5.91 Å². The van der Waals surface area contributed by atoms with Crippen molar-refractivity contribution < 1.29 is 23.9 Å². The molecule has 1 aliphatic heterocycles. The normalized spacial score (nSPS) is 14.9. The highest BCUT2D eigenvalue weighted by molar-refractivity contribution is 8.18. The van der Waals surface area contributed by atoms with Crippen LogP contribution in [0, 0.1) is 6.92 Å². The van der Waals surface area contributed by atoms with E-state index in [9.17, 15) is 14.4 Å². The molecule has 0 bridgehead atoms. The molecule has 0 atom stereocenters. The van der Waals surface area contributed by atoms with E-state index in [1.807, 2.05) is 38.1 Å². The molecule has 1 fully saturated rings. The second kappa shape index (κ2) is 9.89. The van der Waals surface area contributed by atoms with Crippen molar-refractivity contribution in [1.29, 1.82) is 0 Å². The average molecular weight is 461 g/mol. The maximum Gasteiger partial charge on any atom is 0.294 e. The van der Waals surface area contributed by atoms with Crippen LogP contribution in [0.3, 0.4) is 0 Å². The lowest BCUT2D eigenvalue weighted by Crippen LogP contribution is -2.36. The Labute approximate surface area is 189 Å². The minimum Gasteiger partial charge on any atom is -0.490 e. The SMILES string of the molecule is CCOc1cc(/C=C2\SC(=O)N(CC(N)=O)C2=O)cc(Cl)c1OCc1ccccc1C. The molecule has 2 N–H and O–H groups in total. The maximum atomic E-state index is 12.4. The first-order valence-electron chi connectivity index (χ1n) is 9.47. The summed E-state index contributed by atoms with van der Waals surface area (Å²) in [5.74, 6) is -0.528. The van der Waals surface area contributed by atoms with E-state index >= 15 is 0 Å². The van der Waals surface area contributed by atoms with Gasteiger partial charge < -0.3 is 15.2 Å². The standard InChI is InChI=1S/C22H21ClN2O5S/c1-3-29-17-9-14(10-18-21(27)25(11-19(24)26)22(28)31-18)8-16(23)20(17)30-12-15-7-5-4-6-13(15)2/h4-10H,3,11-12H2,1-2H3,(H2,24,26)/b18-10-.